The third-order valence-electron chi connectivity index (χ3n) is 3.92. The fourth-order valence-corrected chi connectivity index (χ4v) is 2.63. The van der Waals surface area contributed by atoms with Gasteiger partial charge in [-0.25, -0.2) is 0 Å². The molecule has 1 heterocycles. The monoisotopic (exact) mass is 257 g/mol. The van der Waals surface area contributed by atoms with Crippen molar-refractivity contribution in [2.75, 3.05) is 0 Å². The zero-order chi connectivity index (χ0) is 13.8. The van der Waals surface area contributed by atoms with Gasteiger partial charge in [0.05, 0.1) is 6.04 Å². The minimum Gasteiger partial charge on any atom is -0.465 e. The Balaban J connectivity index is 2.33. The van der Waals surface area contributed by atoms with E-state index in [4.69, 9.17) is 10.2 Å². The highest BCUT2D eigenvalue weighted by Gasteiger charge is 2.27. The van der Waals surface area contributed by atoms with Crippen molar-refractivity contribution in [1.82, 2.24) is 0 Å². The summed E-state index contributed by atoms with van der Waals surface area (Å²) in [6, 6.07) is 14.4. The lowest BCUT2D eigenvalue weighted by molar-refractivity contribution is 0.340. The Hall–Kier alpha value is -1.54. The largest absolute Gasteiger partial charge is 0.465 e. The van der Waals surface area contributed by atoms with Crippen molar-refractivity contribution in [3.05, 3.63) is 59.5 Å². The second-order valence-electron chi connectivity index (χ2n) is 5.30. The van der Waals surface area contributed by atoms with Crippen molar-refractivity contribution in [2.45, 2.75) is 39.2 Å². The van der Waals surface area contributed by atoms with E-state index in [0.717, 1.165) is 17.9 Å². The maximum absolute atomic E-state index is 6.47. The minimum atomic E-state index is -0.0916. The maximum Gasteiger partial charge on any atom is 0.121 e. The van der Waals surface area contributed by atoms with Crippen LogP contribution in [0.15, 0.2) is 46.9 Å². The van der Waals surface area contributed by atoms with Gasteiger partial charge < -0.3 is 10.2 Å². The number of furan rings is 1. The van der Waals surface area contributed by atoms with Crippen molar-refractivity contribution in [2.24, 2.45) is 11.7 Å². The van der Waals surface area contributed by atoms with Crippen molar-refractivity contribution in [3.8, 4) is 0 Å². The van der Waals surface area contributed by atoms with Crippen LogP contribution in [0.1, 0.15) is 49.3 Å². The van der Waals surface area contributed by atoms with E-state index >= 15 is 0 Å². The summed E-state index contributed by atoms with van der Waals surface area (Å²) in [5, 5.41) is 0. The van der Waals surface area contributed by atoms with Crippen LogP contribution in [-0.4, -0.2) is 0 Å². The molecule has 0 spiro atoms. The first kappa shape index (κ1) is 13.9. The first-order chi connectivity index (χ1) is 9.13. The standard InChI is InChI=1S/C17H23NO/c1-4-12(2)16(14-8-6-5-7-9-14)17(18)15-11-10-13(3)19-15/h5-12,16-17H,4,18H2,1-3H3. The Morgan fingerprint density at radius 1 is 1.11 bits per heavy atom. The third kappa shape index (κ3) is 3.07. The Morgan fingerprint density at radius 3 is 2.32 bits per heavy atom. The average Bonchev–Trinajstić information content (AvgIpc) is 2.86. The van der Waals surface area contributed by atoms with Crippen LogP contribution < -0.4 is 5.73 Å². The smallest absolute Gasteiger partial charge is 0.121 e. The summed E-state index contributed by atoms with van der Waals surface area (Å²) in [6.07, 6.45) is 1.10. The molecule has 3 unspecified atom stereocenters. The molecule has 0 radical (unpaired) electrons. The van der Waals surface area contributed by atoms with Crippen molar-refractivity contribution >= 4 is 0 Å². The second-order valence-corrected chi connectivity index (χ2v) is 5.30. The number of hydrogen-bond acceptors (Lipinski definition) is 2. The van der Waals surface area contributed by atoms with Crippen LogP contribution >= 0.6 is 0 Å². The molecule has 2 heteroatoms. The van der Waals surface area contributed by atoms with Crippen LogP contribution in [0.2, 0.25) is 0 Å². The predicted octanol–water partition coefficient (Wildman–Crippen LogP) is 4.42. The summed E-state index contributed by atoms with van der Waals surface area (Å²) in [5.74, 6) is 2.60. The van der Waals surface area contributed by atoms with E-state index in [0.29, 0.717) is 5.92 Å². The molecule has 0 fully saturated rings. The molecule has 2 nitrogen and oxygen atoms in total. The van der Waals surface area contributed by atoms with Gasteiger partial charge in [-0.15, -0.1) is 0 Å². The van der Waals surface area contributed by atoms with Crippen LogP contribution in [0.25, 0.3) is 0 Å². The number of aryl methyl sites for hydroxylation is 1. The first-order valence-electron chi connectivity index (χ1n) is 7.00. The van der Waals surface area contributed by atoms with E-state index < -0.39 is 0 Å². The molecule has 1 aromatic carbocycles. The minimum absolute atomic E-state index is 0.0916. The van der Waals surface area contributed by atoms with E-state index in [-0.39, 0.29) is 12.0 Å². The molecule has 102 valence electrons. The van der Waals surface area contributed by atoms with Crippen LogP contribution in [0.3, 0.4) is 0 Å². The molecule has 3 atom stereocenters. The van der Waals surface area contributed by atoms with Gasteiger partial charge in [-0.05, 0) is 30.5 Å². The molecule has 2 aromatic rings. The molecule has 0 bridgehead atoms. The van der Waals surface area contributed by atoms with E-state index in [1.165, 1.54) is 5.56 Å². The molecular weight excluding hydrogens is 234 g/mol. The molecule has 19 heavy (non-hydrogen) atoms. The highest BCUT2D eigenvalue weighted by atomic mass is 16.3. The van der Waals surface area contributed by atoms with E-state index in [2.05, 4.69) is 38.1 Å². The van der Waals surface area contributed by atoms with Gasteiger partial charge in [0.25, 0.3) is 0 Å². The van der Waals surface area contributed by atoms with Gasteiger partial charge >= 0.3 is 0 Å². The number of rotatable bonds is 5. The zero-order valence-corrected chi connectivity index (χ0v) is 12.0. The summed E-state index contributed by atoms with van der Waals surface area (Å²) in [5.41, 5.74) is 7.76. The maximum atomic E-state index is 6.47. The van der Waals surface area contributed by atoms with E-state index in [1.807, 2.05) is 25.1 Å². The van der Waals surface area contributed by atoms with Crippen LogP contribution in [0.5, 0.6) is 0 Å². The zero-order valence-electron chi connectivity index (χ0n) is 12.0. The highest BCUT2D eigenvalue weighted by molar-refractivity contribution is 5.25. The van der Waals surface area contributed by atoms with E-state index in [9.17, 15) is 0 Å². The summed E-state index contributed by atoms with van der Waals surface area (Å²) in [4.78, 5) is 0. The van der Waals surface area contributed by atoms with Crippen LogP contribution in [0.4, 0.5) is 0 Å². The van der Waals surface area contributed by atoms with E-state index in [1.54, 1.807) is 0 Å². The molecule has 2 rings (SSSR count). The Labute approximate surface area is 115 Å². The van der Waals surface area contributed by atoms with Crippen LogP contribution in [0, 0.1) is 12.8 Å². The van der Waals surface area contributed by atoms with Gasteiger partial charge in [-0.1, -0.05) is 50.6 Å². The topological polar surface area (TPSA) is 39.2 Å². The number of benzene rings is 1. The number of nitrogens with two attached hydrogens (primary N) is 1. The van der Waals surface area contributed by atoms with Crippen molar-refractivity contribution in [1.29, 1.82) is 0 Å². The molecule has 0 aliphatic heterocycles. The van der Waals surface area contributed by atoms with Crippen molar-refractivity contribution < 1.29 is 4.42 Å². The molecule has 0 amide bonds. The van der Waals surface area contributed by atoms with Gasteiger partial charge in [0.2, 0.25) is 0 Å². The molecule has 0 aliphatic rings. The summed E-state index contributed by atoms with van der Waals surface area (Å²) in [7, 11) is 0. The van der Waals surface area contributed by atoms with Gasteiger partial charge in [0.1, 0.15) is 11.5 Å². The lowest BCUT2D eigenvalue weighted by Gasteiger charge is -2.28. The van der Waals surface area contributed by atoms with Crippen molar-refractivity contribution in [3.63, 3.8) is 0 Å². The Morgan fingerprint density at radius 2 is 1.79 bits per heavy atom. The molecule has 2 N–H and O–H groups in total. The summed E-state index contributed by atoms with van der Waals surface area (Å²) < 4.78 is 5.72. The Kier molecular flexibility index (Phi) is 4.43. The number of hydrogen-bond donors (Lipinski definition) is 1. The molecule has 1 aromatic heterocycles. The molecule has 0 saturated heterocycles. The predicted molar refractivity (Wildman–Crippen MR) is 79.0 cm³/mol. The fourth-order valence-electron chi connectivity index (χ4n) is 2.63. The molecule has 0 saturated carbocycles. The normalized spacial score (nSPS) is 16.0. The summed E-state index contributed by atoms with van der Waals surface area (Å²) >= 11 is 0. The Bertz CT molecular complexity index is 503. The lowest BCUT2D eigenvalue weighted by Crippen LogP contribution is -2.24. The van der Waals surface area contributed by atoms with Crippen LogP contribution in [-0.2, 0) is 0 Å². The van der Waals surface area contributed by atoms with Gasteiger partial charge in [-0.3, -0.25) is 0 Å². The van der Waals surface area contributed by atoms with Gasteiger partial charge in [-0.2, -0.15) is 0 Å². The average molecular weight is 257 g/mol. The molecular formula is C17H23NO. The third-order valence-corrected chi connectivity index (χ3v) is 3.92. The second kappa shape index (κ2) is 6.07. The highest BCUT2D eigenvalue weighted by Crippen LogP contribution is 2.37. The fraction of sp³-hybridized carbons (Fsp3) is 0.412. The van der Waals surface area contributed by atoms with Gasteiger partial charge in [0.15, 0.2) is 0 Å². The SMILES string of the molecule is CCC(C)C(c1ccccc1)C(N)c1ccc(C)o1. The quantitative estimate of drug-likeness (QED) is 0.861. The first-order valence-corrected chi connectivity index (χ1v) is 7.00. The molecule has 0 aliphatic carbocycles. The summed E-state index contributed by atoms with van der Waals surface area (Å²) in [6.45, 7) is 6.42. The lowest BCUT2D eigenvalue weighted by atomic mass is 9.79. The van der Waals surface area contributed by atoms with Gasteiger partial charge in [0, 0.05) is 5.92 Å².